The first-order valence-electron chi connectivity index (χ1n) is 5.72. The van der Waals surface area contributed by atoms with Crippen LogP contribution in [0.3, 0.4) is 0 Å². The van der Waals surface area contributed by atoms with Gasteiger partial charge in [0.25, 0.3) is 0 Å². The Kier molecular flexibility index (Phi) is 6.72. The number of hydrogen-bond acceptors (Lipinski definition) is 3. The summed E-state index contributed by atoms with van der Waals surface area (Å²) in [5.41, 5.74) is 5.61. The summed E-state index contributed by atoms with van der Waals surface area (Å²) >= 11 is 0. The van der Waals surface area contributed by atoms with Crippen molar-refractivity contribution >= 4 is 11.9 Å². The summed E-state index contributed by atoms with van der Waals surface area (Å²) in [5, 5.41) is 11.5. The second-order valence-electron chi connectivity index (χ2n) is 4.11. The highest BCUT2D eigenvalue weighted by Gasteiger charge is 2.26. The SMILES string of the molecule is CCC[C@@H](N)C(=O)N[C@H](C(=O)O)C(C)CC. The van der Waals surface area contributed by atoms with E-state index >= 15 is 0 Å². The van der Waals surface area contributed by atoms with Gasteiger partial charge in [0, 0.05) is 0 Å². The smallest absolute Gasteiger partial charge is 0.326 e. The molecule has 0 radical (unpaired) electrons. The van der Waals surface area contributed by atoms with Gasteiger partial charge in [-0.15, -0.1) is 0 Å². The molecule has 16 heavy (non-hydrogen) atoms. The zero-order chi connectivity index (χ0) is 12.7. The van der Waals surface area contributed by atoms with Crippen molar-refractivity contribution in [1.82, 2.24) is 5.32 Å². The number of carbonyl (C=O) groups is 2. The molecule has 0 aromatic rings. The predicted molar refractivity (Wildman–Crippen MR) is 61.9 cm³/mol. The second-order valence-corrected chi connectivity index (χ2v) is 4.11. The minimum Gasteiger partial charge on any atom is -0.480 e. The molecule has 3 atom stereocenters. The highest BCUT2D eigenvalue weighted by atomic mass is 16.4. The van der Waals surface area contributed by atoms with Crippen molar-refractivity contribution < 1.29 is 14.7 Å². The van der Waals surface area contributed by atoms with Gasteiger partial charge in [0.05, 0.1) is 6.04 Å². The minimum absolute atomic E-state index is 0.102. The average Bonchev–Trinajstić information content (AvgIpc) is 2.24. The summed E-state index contributed by atoms with van der Waals surface area (Å²) < 4.78 is 0. The first kappa shape index (κ1) is 14.9. The largest absolute Gasteiger partial charge is 0.480 e. The molecule has 0 bridgehead atoms. The maximum atomic E-state index is 11.6. The quantitative estimate of drug-likeness (QED) is 0.601. The predicted octanol–water partition coefficient (Wildman–Crippen LogP) is 0.729. The first-order chi connectivity index (χ1) is 7.43. The lowest BCUT2D eigenvalue weighted by Crippen LogP contribution is -2.50. The van der Waals surface area contributed by atoms with E-state index in [1.807, 2.05) is 13.8 Å². The highest BCUT2D eigenvalue weighted by molar-refractivity contribution is 5.86. The summed E-state index contributed by atoms with van der Waals surface area (Å²) in [6.45, 7) is 5.61. The van der Waals surface area contributed by atoms with E-state index in [9.17, 15) is 9.59 Å². The van der Waals surface area contributed by atoms with Crippen molar-refractivity contribution in [3.63, 3.8) is 0 Å². The molecule has 0 fully saturated rings. The van der Waals surface area contributed by atoms with Crippen LogP contribution < -0.4 is 11.1 Å². The third-order valence-corrected chi connectivity index (χ3v) is 2.71. The first-order valence-corrected chi connectivity index (χ1v) is 5.72. The van der Waals surface area contributed by atoms with Crippen LogP contribution in [0.2, 0.25) is 0 Å². The number of amides is 1. The van der Waals surface area contributed by atoms with E-state index in [1.165, 1.54) is 0 Å². The third-order valence-electron chi connectivity index (χ3n) is 2.71. The highest BCUT2D eigenvalue weighted by Crippen LogP contribution is 2.08. The molecule has 5 nitrogen and oxygen atoms in total. The monoisotopic (exact) mass is 230 g/mol. The normalized spacial score (nSPS) is 16.2. The number of hydrogen-bond donors (Lipinski definition) is 3. The van der Waals surface area contributed by atoms with Crippen LogP contribution >= 0.6 is 0 Å². The molecule has 1 amide bonds. The summed E-state index contributed by atoms with van der Waals surface area (Å²) in [6.07, 6.45) is 2.06. The molecular weight excluding hydrogens is 208 g/mol. The standard InChI is InChI=1S/C11H22N2O3/c1-4-6-8(12)10(14)13-9(11(15)16)7(3)5-2/h7-9H,4-6,12H2,1-3H3,(H,13,14)(H,15,16)/t7?,8-,9+/m1/s1. The molecule has 1 unspecified atom stereocenters. The van der Waals surface area contributed by atoms with Gasteiger partial charge in [-0.25, -0.2) is 4.79 Å². The number of carboxylic acids is 1. The Bertz CT molecular complexity index is 243. The molecule has 0 saturated carbocycles. The number of carbonyl (C=O) groups excluding carboxylic acids is 1. The van der Waals surface area contributed by atoms with Crippen molar-refractivity contribution in [3.05, 3.63) is 0 Å². The molecule has 5 heteroatoms. The fraction of sp³-hybridized carbons (Fsp3) is 0.818. The number of rotatable bonds is 7. The van der Waals surface area contributed by atoms with Gasteiger partial charge in [-0.05, 0) is 12.3 Å². The zero-order valence-electron chi connectivity index (χ0n) is 10.2. The molecular formula is C11H22N2O3. The van der Waals surface area contributed by atoms with Crippen LogP contribution in [0.25, 0.3) is 0 Å². The Morgan fingerprint density at radius 2 is 1.94 bits per heavy atom. The van der Waals surface area contributed by atoms with Crippen molar-refractivity contribution in [2.75, 3.05) is 0 Å². The van der Waals surface area contributed by atoms with Crippen molar-refractivity contribution in [2.45, 2.75) is 52.1 Å². The van der Waals surface area contributed by atoms with Gasteiger partial charge in [-0.3, -0.25) is 4.79 Å². The van der Waals surface area contributed by atoms with Crippen LogP contribution in [0.4, 0.5) is 0 Å². The van der Waals surface area contributed by atoms with Gasteiger partial charge in [0.15, 0.2) is 0 Å². The van der Waals surface area contributed by atoms with E-state index in [1.54, 1.807) is 6.92 Å². The van der Waals surface area contributed by atoms with E-state index < -0.39 is 18.1 Å². The Hall–Kier alpha value is -1.10. The van der Waals surface area contributed by atoms with Crippen LogP contribution in [0, 0.1) is 5.92 Å². The van der Waals surface area contributed by atoms with E-state index in [2.05, 4.69) is 5.32 Å². The minimum atomic E-state index is -1.01. The fourth-order valence-corrected chi connectivity index (χ4v) is 1.39. The van der Waals surface area contributed by atoms with Gasteiger partial charge < -0.3 is 16.2 Å². The molecule has 0 aliphatic rings. The summed E-state index contributed by atoms with van der Waals surface area (Å²) in [6, 6.07) is -1.46. The topological polar surface area (TPSA) is 92.4 Å². The molecule has 0 aliphatic heterocycles. The Balaban J connectivity index is 4.40. The molecule has 0 aliphatic carbocycles. The Labute approximate surface area is 96.4 Å². The summed E-state index contributed by atoms with van der Waals surface area (Å²) in [7, 11) is 0. The molecule has 0 heterocycles. The maximum Gasteiger partial charge on any atom is 0.326 e. The number of carboxylic acid groups (broad SMARTS) is 1. The molecule has 0 aromatic carbocycles. The van der Waals surface area contributed by atoms with E-state index in [4.69, 9.17) is 10.8 Å². The van der Waals surface area contributed by atoms with Crippen molar-refractivity contribution in [2.24, 2.45) is 11.7 Å². The molecule has 94 valence electrons. The van der Waals surface area contributed by atoms with Crippen LogP contribution in [0.15, 0.2) is 0 Å². The zero-order valence-corrected chi connectivity index (χ0v) is 10.2. The van der Waals surface area contributed by atoms with Gasteiger partial charge in [0.2, 0.25) is 5.91 Å². The van der Waals surface area contributed by atoms with E-state index in [0.717, 1.165) is 6.42 Å². The van der Waals surface area contributed by atoms with E-state index in [0.29, 0.717) is 12.8 Å². The van der Waals surface area contributed by atoms with Crippen LogP contribution in [0.5, 0.6) is 0 Å². The van der Waals surface area contributed by atoms with Gasteiger partial charge in [-0.2, -0.15) is 0 Å². The van der Waals surface area contributed by atoms with Crippen LogP contribution in [0.1, 0.15) is 40.0 Å². The number of nitrogens with one attached hydrogen (secondary N) is 1. The van der Waals surface area contributed by atoms with Crippen molar-refractivity contribution in [1.29, 1.82) is 0 Å². The third kappa shape index (κ3) is 4.61. The van der Waals surface area contributed by atoms with Crippen LogP contribution in [-0.4, -0.2) is 29.1 Å². The lowest BCUT2D eigenvalue weighted by molar-refractivity contribution is -0.143. The molecule has 4 N–H and O–H groups in total. The Morgan fingerprint density at radius 1 is 1.38 bits per heavy atom. The lowest BCUT2D eigenvalue weighted by atomic mass is 9.98. The molecule has 0 rings (SSSR count). The van der Waals surface area contributed by atoms with Gasteiger partial charge in [0.1, 0.15) is 6.04 Å². The molecule has 0 saturated heterocycles. The number of aliphatic carboxylic acids is 1. The van der Waals surface area contributed by atoms with Gasteiger partial charge in [-0.1, -0.05) is 33.6 Å². The second kappa shape index (κ2) is 7.22. The maximum absolute atomic E-state index is 11.6. The summed E-state index contributed by atoms with van der Waals surface area (Å²) in [5.74, 6) is -1.49. The lowest BCUT2D eigenvalue weighted by Gasteiger charge is -2.22. The van der Waals surface area contributed by atoms with Crippen molar-refractivity contribution in [3.8, 4) is 0 Å². The summed E-state index contributed by atoms with van der Waals surface area (Å²) in [4.78, 5) is 22.5. The fourth-order valence-electron chi connectivity index (χ4n) is 1.39. The van der Waals surface area contributed by atoms with E-state index in [-0.39, 0.29) is 11.8 Å². The molecule has 0 spiro atoms. The van der Waals surface area contributed by atoms with Crippen LogP contribution in [-0.2, 0) is 9.59 Å². The molecule has 0 aromatic heterocycles. The van der Waals surface area contributed by atoms with Gasteiger partial charge >= 0.3 is 5.97 Å². The Morgan fingerprint density at radius 3 is 2.31 bits per heavy atom. The number of nitrogens with two attached hydrogens (primary N) is 1. The average molecular weight is 230 g/mol.